The van der Waals surface area contributed by atoms with Gasteiger partial charge < -0.3 is 10.6 Å². The number of benzene rings is 2. The Bertz CT molecular complexity index is 910. The van der Waals surface area contributed by atoms with Crippen LogP contribution in [0, 0.1) is 12.7 Å². The Morgan fingerprint density at radius 2 is 1.72 bits per heavy atom. The van der Waals surface area contributed by atoms with Crippen LogP contribution in [0.25, 0.3) is 0 Å². The first-order valence-corrected chi connectivity index (χ1v) is 7.76. The van der Waals surface area contributed by atoms with Crippen LogP contribution in [0.5, 0.6) is 0 Å². The van der Waals surface area contributed by atoms with Crippen molar-refractivity contribution in [3.63, 3.8) is 0 Å². The van der Waals surface area contributed by atoms with Gasteiger partial charge in [-0.2, -0.15) is 4.98 Å². The van der Waals surface area contributed by atoms with Crippen molar-refractivity contribution in [2.45, 2.75) is 13.8 Å². The third-order valence-corrected chi connectivity index (χ3v) is 3.50. The van der Waals surface area contributed by atoms with E-state index in [0.717, 1.165) is 11.4 Å². The first kappa shape index (κ1) is 16.6. The number of carbonyl (C=O) groups excluding carboxylic acids is 1. The third kappa shape index (κ3) is 4.38. The number of nitrogens with one attached hydrogen (secondary N) is 2. The van der Waals surface area contributed by atoms with Crippen molar-refractivity contribution in [2.24, 2.45) is 0 Å². The summed E-state index contributed by atoms with van der Waals surface area (Å²) in [5.74, 6) is 0.694. The summed E-state index contributed by atoms with van der Waals surface area (Å²) >= 11 is 0. The van der Waals surface area contributed by atoms with E-state index in [1.54, 1.807) is 30.3 Å². The van der Waals surface area contributed by atoms with Gasteiger partial charge in [-0.1, -0.05) is 12.1 Å². The molecule has 2 aromatic carbocycles. The zero-order chi connectivity index (χ0) is 17.8. The molecule has 6 heteroatoms. The van der Waals surface area contributed by atoms with E-state index in [9.17, 15) is 9.18 Å². The first-order valence-electron chi connectivity index (χ1n) is 7.76. The number of rotatable bonds is 5. The van der Waals surface area contributed by atoms with Crippen LogP contribution in [0.1, 0.15) is 23.0 Å². The van der Waals surface area contributed by atoms with Crippen molar-refractivity contribution in [1.29, 1.82) is 0 Å². The van der Waals surface area contributed by atoms with Gasteiger partial charge in [0.15, 0.2) is 5.78 Å². The second-order valence-corrected chi connectivity index (χ2v) is 5.61. The third-order valence-electron chi connectivity index (χ3n) is 3.50. The topological polar surface area (TPSA) is 66.9 Å². The lowest BCUT2D eigenvalue weighted by Crippen LogP contribution is -2.03. The molecule has 0 saturated heterocycles. The normalized spacial score (nSPS) is 10.4. The van der Waals surface area contributed by atoms with Gasteiger partial charge in [0, 0.05) is 28.7 Å². The number of halogens is 1. The molecule has 25 heavy (non-hydrogen) atoms. The standard InChI is InChI=1S/C19H17FN4O/c1-12-10-18(22-17-5-3-4-14(11-17)13(2)25)24-19(21-12)23-16-8-6-15(20)7-9-16/h3-11H,1-2H3,(H2,21,22,23,24). The highest BCUT2D eigenvalue weighted by Gasteiger charge is 2.05. The van der Waals surface area contributed by atoms with E-state index >= 15 is 0 Å². The van der Waals surface area contributed by atoms with E-state index in [1.807, 2.05) is 19.1 Å². The lowest BCUT2D eigenvalue weighted by atomic mass is 10.1. The van der Waals surface area contributed by atoms with Crippen molar-refractivity contribution in [3.05, 3.63) is 71.7 Å². The maximum absolute atomic E-state index is 13.0. The maximum Gasteiger partial charge on any atom is 0.229 e. The summed E-state index contributed by atoms with van der Waals surface area (Å²) in [5, 5.41) is 6.22. The molecule has 0 spiro atoms. The molecular weight excluding hydrogens is 319 g/mol. The largest absolute Gasteiger partial charge is 0.340 e. The smallest absolute Gasteiger partial charge is 0.229 e. The lowest BCUT2D eigenvalue weighted by molar-refractivity contribution is 0.101. The van der Waals surface area contributed by atoms with Gasteiger partial charge >= 0.3 is 0 Å². The fourth-order valence-electron chi connectivity index (χ4n) is 2.31. The number of nitrogens with zero attached hydrogens (tertiary/aromatic N) is 2. The maximum atomic E-state index is 13.0. The summed E-state index contributed by atoms with van der Waals surface area (Å²) in [4.78, 5) is 20.2. The summed E-state index contributed by atoms with van der Waals surface area (Å²) in [7, 11) is 0. The molecule has 0 aliphatic rings. The van der Waals surface area contributed by atoms with Crippen LogP contribution < -0.4 is 10.6 Å². The van der Waals surface area contributed by atoms with Crippen molar-refractivity contribution in [1.82, 2.24) is 9.97 Å². The number of hydrogen-bond donors (Lipinski definition) is 2. The highest BCUT2D eigenvalue weighted by atomic mass is 19.1. The monoisotopic (exact) mass is 336 g/mol. The van der Waals surface area contributed by atoms with Gasteiger partial charge in [-0.25, -0.2) is 9.37 Å². The minimum Gasteiger partial charge on any atom is -0.340 e. The molecule has 0 atom stereocenters. The van der Waals surface area contributed by atoms with Crippen LogP contribution in [0.4, 0.5) is 27.5 Å². The molecule has 5 nitrogen and oxygen atoms in total. The van der Waals surface area contributed by atoms with Gasteiger partial charge in [-0.3, -0.25) is 4.79 Å². The molecule has 2 N–H and O–H groups in total. The van der Waals surface area contributed by atoms with Crippen LogP contribution in [0.2, 0.25) is 0 Å². The van der Waals surface area contributed by atoms with Gasteiger partial charge in [0.25, 0.3) is 0 Å². The first-order chi connectivity index (χ1) is 12.0. The van der Waals surface area contributed by atoms with Crippen LogP contribution >= 0.6 is 0 Å². The Balaban J connectivity index is 1.83. The van der Waals surface area contributed by atoms with E-state index in [1.165, 1.54) is 19.1 Å². The number of aryl methyl sites for hydroxylation is 1. The second kappa shape index (κ2) is 7.09. The average Bonchev–Trinajstić information content (AvgIpc) is 2.57. The summed E-state index contributed by atoms with van der Waals surface area (Å²) in [6, 6.07) is 15.0. The Morgan fingerprint density at radius 3 is 2.44 bits per heavy atom. The van der Waals surface area contributed by atoms with Gasteiger partial charge in [0.05, 0.1) is 0 Å². The van der Waals surface area contributed by atoms with E-state index in [4.69, 9.17) is 0 Å². The van der Waals surface area contributed by atoms with Gasteiger partial charge in [0.1, 0.15) is 11.6 Å². The van der Waals surface area contributed by atoms with E-state index in [-0.39, 0.29) is 11.6 Å². The van der Waals surface area contributed by atoms with Crippen molar-refractivity contribution < 1.29 is 9.18 Å². The van der Waals surface area contributed by atoms with Crippen molar-refractivity contribution >= 4 is 28.9 Å². The van der Waals surface area contributed by atoms with Gasteiger partial charge in [0.2, 0.25) is 5.95 Å². The predicted octanol–water partition coefficient (Wildman–Crippen LogP) is 4.61. The molecular formula is C19H17FN4O. The summed E-state index contributed by atoms with van der Waals surface area (Å²) in [6.07, 6.45) is 0. The Morgan fingerprint density at radius 1 is 0.960 bits per heavy atom. The molecule has 1 heterocycles. The van der Waals surface area contributed by atoms with Crippen LogP contribution in [-0.4, -0.2) is 15.8 Å². The van der Waals surface area contributed by atoms with E-state index in [2.05, 4.69) is 20.6 Å². The zero-order valence-electron chi connectivity index (χ0n) is 13.9. The second-order valence-electron chi connectivity index (χ2n) is 5.61. The minimum atomic E-state index is -0.302. The number of aromatic nitrogens is 2. The number of Topliss-reactive ketones (excluding diaryl/α,β-unsaturated/α-hetero) is 1. The van der Waals surface area contributed by atoms with Crippen LogP contribution in [-0.2, 0) is 0 Å². The molecule has 3 rings (SSSR count). The lowest BCUT2D eigenvalue weighted by Gasteiger charge is -2.10. The fourth-order valence-corrected chi connectivity index (χ4v) is 2.31. The predicted molar refractivity (Wildman–Crippen MR) is 96.2 cm³/mol. The fraction of sp³-hybridized carbons (Fsp3) is 0.105. The average molecular weight is 336 g/mol. The highest BCUT2D eigenvalue weighted by Crippen LogP contribution is 2.20. The van der Waals surface area contributed by atoms with E-state index in [0.29, 0.717) is 23.0 Å². The summed E-state index contributed by atoms with van der Waals surface area (Å²) in [6.45, 7) is 3.38. The number of ketones is 1. The molecule has 0 aliphatic heterocycles. The van der Waals surface area contributed by atoms with Crippen molar-refractivity contribution in [3.8, 4) is 0 Å². The summed E-state index contributed by atoms with van der Waals surface area (Å²) in [5.41, 5.74) is 2.85. The van der Waals surface area contributed by atoms with Crippen LogP contribution in [0.3, 0.4) is 0 Å². The Labute approximate surface area is 145 Å². The minimum absolute atomic E-state index is 0.00110. The number of anilines is 4. The van der Waals surface area contributed by atoms with Crippen molar-refractivity contribution in [2.75, 3.05) is 10.6 Å². The number of carbonyl (C=O) groups is 1. The molecule has 1 aromatic heterocycles. The molecule has 3 aromatic rings. The summed E-state index contributed by atoms with van der Waals surface area (Å²) < 4.78 is 13.0. The van der Waals surface area contributed by atoms with Crippen LogP contribution in [0.15, 0.2) is 54.6 Å². The molecule has 0 radical (unpaired) electrons. The highest BCUT2D eigenvalue weighted by molar-refractivity contribution is 5.95. The van der Waals surface area contributed by atoms with E-state index < -0.39 is 0 Å². The zero-order valence-corrected chi connectivity index (χ0v) is 13.9. The Hall–Kier alpha value is -3.28. The van der Waals surface area contributed by atoms with Gasteiger partial charge in [-0.05, 0) is 50.2 Å². The molecule has 0 aliphatic carbocycles. The SMILES string of the molecule is CC(=O)c1cccc(Nc2cc(C)nc(Nc3ccc(F)cc3)n2)c1. The Kier molecular flexibility index (Phi) is 4.70. The molecule has 0 amide bonds. The molecule has 0 saturated carbocycles. The number of hydrogen-bond acceptors (Lipinski definition) is 5. The quantitative estimate of drug-likeness (QED) is 0.666. The molecule has 0 fully saturated rings. The molecule has 0 bridgehead atoms. The molecule has 126 valence electrons. The molecule has 0 unspecified atom stereocenters. The van der Waals surface area contributed by atoms with Gasteiger partial charge in [-0.15, -0.1) is 0 Å².